The van der Waals surface area contributed by atoms with Crippen molar-refractivity contribution in [3.8, 4) is 0 Å². The van der Waals surface area contributed by atoms with E-state index >= 15 is 0 Å². The van der Waals surface area contributed by atoms with Gasteiger partial charge in [-0.2, -0.15) is 0 Å². The summed E-state index contributed by atoms with van der Waals surface area (Å²) >= 11 is 3.58. The molecule has 1 aliphatic rings. The van der Waals surface area contributed by atoms with E-state index in [9.17, 15) is 9.59 Å². The minimum atomic E-state index is -0.191. The van der Waals surface area contributed by atoms with Crippen molar-refractivity contribution in [2.75, 3.05) is 25.2 Å². The predicted octanol–water partition coefficient (Wildman–Crippen LogP) is 3.86. The third-order valence-electron chi connectivity index (χ3n) is 6.31. The Labute approximate surface area is 195 Å². The number of aromatic amines is 1. The lowest BCUT2D eigenvalue weighted by Crippen LogP contribution is -2.38. The van der Waals surface area contributed by atoms with Crippen LogP contribution in [-0.2, 0) is 11.3 Å². The molecule has 3 aromatic rings. The first-order valence-electron chi connectivity index (χ1n) is 10.9. The molecule has 8 heteroatoms. The molecule has 1 saturated heterocycles. The highest BCUT2D eigenvalue weighted by Crippen LogP contribution is 2.31. The van der Waals surface area contributed by atoms with Crippen molar-refractivity contribution in [1.82, 2.24) is 14.7 Å². The van der Waals surface area contributed by atoms with Gasteiger partial charge in [-0.1, -0.05) is 0 Å². The van der Waals surface area contributed by atoms with Crippen LogP contribution in [0.3, 0.4) is 0 Å². The zero-order valence-corrected chi connectivity index (χ0v) is 20.5. The number of halogens is 1. The summed E-state index contributed by atoms with van der Waals surface area (Å²) in [6.45, 7) is 7.40. The molecule has 0 aliphatic carbocycles. The van der Waals surface area contributed by atoms with E-state index in [1.54, 1.807) is 0 Å². The van der Waals surface area contributed by atoms with Gasteiger partial charge in [0, 0.05) is 71.4 Å². The van der Waals surface area contributed by atoms with Crippen LogP contribution in [0.4, 0.5) is 5.82 Å². The number of anilines is 1. The third kappa shape index (κ3) is 4.34. The van der Waals surface area contributed by atoms with Gasteiger partial charge < -0.3 is 24.3 Å². The Kier molecular flexibility index (Phi) is 6.44. The Morgan fingerprint density at radius 3 is 2.66 bits per heavy atom. The van der Waals surface area contributed by atoms with Gasteiger partial charge in [0.1, 0.15) is 5.82 Å². The number of aryl methyl sites for hydroxylation is 2. The van der Waals surface area contributed by atoms with Crippen molar-refractivity contribution in [2.45, 2.75) is 46.2 Å². The zero-order chi connectivity index (χ0) is 23.0. The molecule has 2 N–H and O–H groups in total. The molecule has 3 aromatic heterocycles. The average molecular weight is 501 g/mol. The number of fused-ring (bicyclic) bond motifs is 1. The van der Waals surface area contributed by atoms with Crippen molar-refractivity contribution in [1.29, 1.82) is 0 Å². The molecule has 170 valence electrons. The fourth-order valence-corrected chi connectivity index (χ4v) is 5.02. The number of hydrogen-bond acceptors (Lipinski definition) is 4. The van der Waals surface area contributed by atoms with Gasteiger partial charge in [0.15, 0.2) is 0 Å². The second-order valence-corrected chi connectivity index (χ2v) is 9.46. The van der Waals surface area contributed by atoms with Gasteiger partial charge in [0.05, 0.1) is 0 Å². The predicted molar refractivity (Wildman–Crippen MR) is 130 cm³/mol. The first-order chi connectivity index (χ1) is 15.3. The fourth-order valence-electron chi connectivity index (χ4n) is 4.58. The van der Waals surface area contributed by atoms with Crippen LogP contribution in [0.2, 0.25) is 0 Å². The number of aromatic nitrogens is 2. The summed E-state index contributed by atoms with van der Waals surface area (Å²) in [5, 5.41) is 2.96. The second-order valence-electron chi connectivity index (χ2n) is 8.54. The smallest absolute Gasteiger partial charge is 0.253 e. The number of carbonyl (C=O) groups is 1. The lowest BCUT2D eigenvalue weighted by molar-refractivity contribution is 0.0852. The number of amides is 1. The van der Waals surface area contributed by atoms with Crippen LogP contribution >= 0.6 is 15.9 Å². The molecule has 0 aromatic carbocycles. The molecule has 4 rings (SSSR count). The second kappa shape index (κ2) is 9.11. The minimum absolute atomic E-state index is 0.162. The molecule has 1 fully saturated rings. The summed E-state index contributed by atoms with van der Waals surface area (Å²) in [6, 6.07) is 6.17. The van der Waals surface area contributed by atoms with Gasteiger partial charge in [-0.15, -0.1) is 0 Å². The quantitative estimate of drug-likeness (QED) is 0.557. The molecule has 0 atom stereocenters. The number of nitrogens with zero attached hydrogens (tertiary/aromatic N) is 2. The van der Waals surface area contributed by atoms with E-state index in [2.05, 4.69) is 42.6 Å². The van der Waals surface area contributed by atoms with Crippen molar-refractivity contribution < 1.29 is 9.53 Å². The molecule has 1 aliphatic heterocycles. The Hall–Kier alpha value is -2.58. The van der Waals surface area contributed by atoms with Crippen molar-refractivity contribution in [3.05, 3.63) is 67.2 Å². The lowest BCUT2D eigenvalue weighted by Gasteiger charge is -2.34. The Balaban J connectivity index is 1.69. The Bertz CT molecular complexity index is 1220. The molecule has 0 saturated carbocycles. The third-order valence-corrected chi connectivity index (χ3v) is 6.75. The van der Waals surface area contributed by atoms with Gasteiger partial charge in [-0.25, -0.2) is 0 Å². The summed E-state index contributed by atoms with van der Waals surface area (Å²) in [4.78, 5) is 30.7. The maximum Gasteiger partial charge on any atom is 0.253 e. The molecule has 32 heavy (non-hydrogen) atoms. The summed E-state index contributed by atoms with van der Waals surface area (Å²) in [5.74, 6) is 0.804. The van der Waals surface area contributed by atoms with E-state index in [0.29, 0.717) is 17.2 Å². The van der Waals surface area contributed by atoms with E-state index in [-0.39, 0.29) is 18.0 Å². The maximum absolute atomic E-state index is 13.2. The minimum Gasteiger partial charge on any atom is -0.381 e. The topological polar surface area (TPSA) is 78.8 Å². The summed E-state index contributed by atoms with van der Waals surface area (Å²) < 4.78 is 8.62. The van der Waals surface area contributed by atoms with Crippen LogP contribution in [0, 0.1) is 20.8 Å². The van der Waals surface area contributed by atoms with E-state index in [0.717, 1.165) is 58.7 Å². The highest BCUT2D eigenvalue weighted by molar-refractivity contribution is 9.10. The highest BCUT2D eigenvalue weighted by Gasteiger charge is 2.25. The standard InChI is InChI=1S/C24H29BrN4O3/c1-14-9-15(2)27-23(31)21(14)12-26-22(30)20-11-19-10-17(25)13-29(19)24(16(20)3)28(4)18-5-7-32-8-6-18/h9-11,13,18H,5-8,12H2,1-4H3,(H,26,30)(H,27,31). The van der Waals surface area contributed by atoms with Crippen molar-refractivity contribution >= 4 is 33.2 Å². The van der Waals surface area contributed by atoms with Crippen molar-refractivity contribution in [2.24, 2.45) is 0 Å². The summed E-state index contributed by atoms with van der Waals surface area (Å²) in [7, 11) is 2.09. The molecule has 0 bridgehead atoms. The summed E-state index contributed by atoms with van der Waals surface area (Å²) in [5.41, 5.74) is 4.54. The number of hydrogen-bond donors (Lipinski definition) is 2. The van der Waals surface area contributed by atoms with E-state index < -0.39 is 0 Å². The Morgan fingerprint density at radius 2 is 1.97 bits per heavy atom. The van der Waals surface area contributed by atoms with Gasteiger partial charge >= 0.3 is 0 Å². The van der Waals surface area contributed by atoms with E-state index in [4.69, 9.17) is 4.74 Å². The molecular formula is C24H29BrN4O3. The highest BCUT2D eigenvalue weighted by atomic mass is 79.9. The fraction of sp³-hybridized carbons (Fsp3) is 0.417. The van der Waals surface area contributed by atoms with Crippen LogP contribution in [0.1, 0.15) is 45.6 Å². The molecule has 4 heterocycles. The van der Waals surface area contributed by atoms with Gasteiger partial charge in [0.25, 0.3) is 11.5 Å². The summed E-state index contributed by atoms with van der Waals surface area (Å²) in [6.07, 6.45) is 3.93. The van der Waals surface area contributed by atoms with Crippen molar-refractivity contribution in [3.63, 3.8) is 0 Å². The molecular weight excluding hydrogens is 472 g/mol. The van der Waals surface area contributed by atoms with E-state index in [1.165, 1.54) is 0 Å². The van der Waals surface area contributed by atoms with Crippen LogP contribution < -0.4 is 15.8 Å². The maximum atomic E-state index is 13.2. The molecule has 7 nitrogen and oxygen atoms in total. The molecule has 1 amide bonds. The largest absolute Gasteiger partial charge is 0.381 e. The van der Waals surface area contributed by atoms with Crippen LogP contribution in [0.5, 0.6) is 0 Å². The number of rotatable bonds is 5. The number of nitrogens with one attached hydrogen (secondary N) is 2. The molecule has 0 unspecified atom stereocenters. The van der Waals surface area contributed by atoms with Gasteiger partial charge in [-0.05, 0) is 73.3 Å². The number of pyridine rings is 2. The van der Waals surface area contributed by atoms with Crippen LogP contribution in [0.25, 0.3) is 5.52 Å². The molecule has 0 radical (unpaired) electrons. The lowest BCUT2D eigenvalue weighted by atomic mass is 10.0. The zero-order valence-electron chi connectivity index (χ0n) is 18.9. The first kappa shape index (κ1) is 22.6. The monoisotopic (exact) mass is 500 g/mol. The van der Waals surface area contributed by atoms with Gasteiger partial charge in [-0.3, -0.25) is 9.59 Å². The first-order valence-corrected chi connectivity index (χ1v) is 11.6. The molecule has 0 spiro atoms. The number of carbonyl (C=O) groups excluding carboxylic acids is 1. The number of H-pyrrole nitrogens is 1. The van der Waals surface area contributed by atoms with E-state index in [1.807, 2.05) is 45.2 Å². The Morgan fingerprint density at radius 1 is 1.25 bits per heavy atom. The van der Waals surface area contributed by atoms with Crippen LogP contribution in [0.15, 0.2) is 33.7 Å². The normalized spacial score (nSPS) is 14.7. The SMILES string of the molecule is Cc1cc(C)c(CNC(=O)c2cc3cc(Br)cn3c(N(C)C3CCOCC3)c2C)c(=O)[nH]1. The van der Waals surface area contributed by atoms with Crippen LogP contribution in [-0.4, -0.2) is 41.6 Å². The number of ether oxygens (including phenoxy) is 1. The van der Waals surface area contributed by atoms with Gasteiger partial charge in [0.2, 0.25) is 0 Å². The average Bonchev–Trinajstić information content (AvgIpc) is 3.12.